The lowest BCUT2D eigenvalue weighted by Crippen LogP contribution is -2.14. The fourth-order valence-corrected chi connectivity index (χ4v) is 7.52. The third-order valence-corrected chi connectivity index (χ3v) is 10.2. The van der Waals surface area contributed by atoms with Crippen molar-refractivity contribution in [1.82, 2.24) is 0 Å². The summed E-state index contributed by atoms with van der Waals surface area (Å²) >= 11 is 0. The molecule has 2 nitrogen and oxygen atoms in total. The highest BCUT2D eigenvalue weighted by Gasteiger charge is 2.25. The summed E-state index contributed by atoms with van der Waals surface area (Å²) in [6.07, 6.45) is 8.68. The van der Waals surface area contributed by atoms with Crippen molar-refractivity contribution < 1.29 is 0 Å². The summed E-state index contributed by atoms with van der Waals surface area (Å²) in [5, 5.41) is 4.67. The summed E-state index contributed by atoms with van der Waals surface area (Å²) in [5.41, 5.74) is 11.3. The standard InChI is InChI=1S/C54H40N2/c1-5-17-41(18-6-1)29-31-43-33-37-47(38-34-43)55(45-21-9-3-10-22-45)53-49-25-13-15-27-51(49)54(52-28-16-14-26-50(52)53)56(46-23-11-4-12-24-46)48-39-35-44(36-40-48)32-30-42-19-7-2-8-20-42/h1-40H/b31-29-,32-30?. The summed E-state index contributed by atoms with van der Waals surface area (Å²) in [5.74, 6) is 0. The van der Waals surface area contributed by atoms with Crippen molar-refractivity contribution in [2.24, 2.45) is 0 Å². The minimum atomic E-state index is 1.09. The minimum absolute atomic E-state index is 1.09. The van der Waals surface area contributed by atoms with Gasteiger partial charge in [-0.05, 0) is 70.8 Å². The van der Waals surface area contributed by atoms with E-state index in [1.54, 1.807) is 0 Å². The third kappa shape index (κ3) is 7.12. The third-order valence-electron chi connectivity index (χ3n) is 10.2. The molecule has 266 valence electrons. The molecule has 0 atom stereocenters. The van der Waals surface area contributed by atoms with Crippen molar-refractivity contribution >= 4 is 80.0 Å². The lowest BCUT2D eigenvalue weighted by atomic mass is 9.95. The normalized spacial score (nSPS) is 11.4. The molecule has 0 aliphatic carbocycles. The van der Waals surface area contributed by atoms with Gasteiger partial charge in [0, 0.05) is 44.3 Å². The molecule has 0 bridgehead atoms. The van der Waals surface area contributed by atoms with E-state index in [1.807, 2.05) is 12.1 Å². The van der Waals surface area contributed by atoms with Gasteiger partial charge in [-0.3, -0.25) is 0 Å². The van der Waals surface area contributed by atoms with Gasteiger partial charge in [-0.1, -0.05) is 194 Å². The lowest BCUT2D eigenvalue weighted by Gasteiger charge is -2.33. The molecule has 0 saturated heterocycles. The number of rotatable bonds is 10. The highest BCUT2D eigenvalue weighted by molar-refractivity contribution is 6.23. The summed E-state index contributed by atoms with van der Waals surface area (Å²) in [6.45, 7) is 0. The summed E-state index contributed by atoms with van der Waals surface area (Å²) in [6, 6.07) is 77.8. The predicted molar refractivity (Wildman–Crippen MR) is 242 cm³/mol. The number of anilines is 6. The van der Waals surface area contributed by atoms with Crippen molar-refractivity contribution in [3.8, 4) is 0 Å². The average Bonchev–Trinajstić information content (AvgIpc) is 3.28. The van der Waals surface area contributed by atoms with Crippen molar-refractivity contribution in [3.05, 3.63) is 241 Å². The second kappa shape index (κ2) is 15.9. The van der Waals surface area contributed by atoms with Crippen molar-refractivity contribution in [2.75, 3.05) is 9.80 Å². The van der Waals surface area contributed by atoms with Gasteiger partial charge >= 0.3 is 0 Å². The zero-order valence-electron chi connectivity index (χ0n) is 31.0. The largest absolute Gasteiger partial charge is 0.309 e. The van der Waals surface area contributed by atoms with E-state index in [1.165, 1.54) is 32.7 Å². The van der Waals surface area contributed by atoms with E-state index >= 15 is 0 Å². The quantitative estimate of drug-likeness (QED) is 0.0790. The Hall–Kier alpha value is -7.42. The molecular formula is C54H40N2. The van der Waals surface area contributed by atoms with Gasteiger partial charge in [-0.15, -0.1) is 0 Å². The fraction of sp³-hybridized carbons (Fsp3) is 0. The molecule has 0 fully saturated rings. The molecule has 0 aliphatic heterocycles. The number of para-hydroxylation sites is 2. The number of nitrogens with zero attached hydrogens (tertiary/aromatic N) is 2. The predicted octanol–water partition coefficient (Wildman–Crippen LogP) is 15.3. The van der Waals surface area contributed by atoms with Gasteiger partial charge in [0.2, 0.25) is 0 Å². The Morgan fingerprint density at radius 2 is 0.446 bits per heavy atom. The number of hydrogen-bond acceptors (Lipinski definition) is 2. The molecule has 0 heterocycles. The number of fused-ring (bicyclic) bond motifs is 2. The van der Waals surface area contributed by atoms with Gasteiger partial charge in [0.25, 0.3) is 0 Å². The van der Waals surface area contributed by atoms with Gasteiger partial charge < -0.3 is 9.80 Å². The van der Waals surface area contributed by atoms with E-state index in [-0.39, 0.29) is 0 Å². The van der Waals surface area contributed by atoms with Crippen LogP contribution in [0.4, 0.5) is 34.1 Å². The van der Waals surface area contributed by atoms with E-state index in [0.717, 1.165) is 45.3 Å². The van der Waals surface area contributed by atoms with Gasteiger partial charge in [0.1, 0.15) is 0 Å². The van der Waals surface area contributed by atoms with Crippen LogP contribution in [-0.2, 0) is 0 Å². The van der Waals surface area contributed by atoms with Gasteiger partial charge in [-0.25, -0.2) is 0 Å². The zero-order valence-corrected chi connectivity index (χ0v) is 31.0. The Morgan fingerprint density at radius 1 is 0.214 bits per heavy atom. The van der Waals surface area contributed by atoms with Crippen LogP contribution < -0.4 is 9.80 Å². The highest BCUT2D eigenvalue weighted by atomic mass is 15.2. The number of benzene rings is 9. The second-order valence-electron chi connectivity index (χ2n) is 13.8. The van der Waals surface area contributed by atoms with E-state index in [0.29, 0.717) is 0 Å². The van der Waals surface area contributed by atoms with E-state index in [9.17, 15) is 0 Å². The van der Waals surface area contributed by atoms with Gasteiger partial charge in [0.05, 0.1) is 11.4 Å². The minimum Gasteiger partial charge on any atom is -0.309 e. The molecule has 0 aliphatic rings. The molecular weight excluding hydrogens is 677 g/mol. The summed E-state index contributed by atoms with van der Waals surface area (Å²) in [4.78, 5) is 4.83. The number of hydrogen-bond donors (Lipinski definition) is 0. The monoisotopic (exact) mass is 716 g/mol. The molecule has 0 amide bonds. The van der Waals surface area contributed by atoms with Crippen LogP contribution in [0.1, 0.15) is 22.3 Å². The van der Waals surface area contributed by atoms with Gasteiger partial charge in [-0.2, -0.15) is 0 Å². The second-order valence-corrected chi connectivity index (χ2v) is 13.8. The van der Waals surface area contributed by atoms with Crippen LogP contribution in [0.15, 0.2) is 218 Å². The van der Waals surface area contributed by atoms with Crippen LogP contribution >= 0.6 is 0 Å². The SMILES string of the molecule is C(=Cc1ccc(N(c2ccccc2)c2c3ccccc3c(N(c3ccccc3)c3ccc(/C=C\c4ccccc4)cc3)c3ccccc23)cc1)c1ccccc1. The van der Waals surface area contributed by atoms with Crippen LogP contribution in [0.3, 0.4) is 0 Å². The van der Waals surface area contributed by atoms with E-state index in [4.69, 9.17) is 0 Å². The molecule has 56 heavy (non-hydrogen) atoms. The molecule has 0 saturated carbocycles. The van der Waals surface area contributed by atoms with Crippen molar-refractivity contribution in [2.45, 2.75) is 0 Å². The van der Waals surface area contributed by atoms with E-state index < -0.39 is 0 Å². The van der Waals surface area contributed by atoms with Crippen LogP contribution in [-0.4, -0.2) is 0 Å². The topological polar surface area (TPSA) is 6.48 Å². The van der Waals surface area contributed by atoms with Crippen molar-refractivity contribution in [1.29, 1.82) is 0 Å². The van der Waals surface area contributed by atoms with Gasteiger partial charge in [0.15, 0.2) is 0 Å². The molecule has 0 radical (unpaired) electrons. The van der Waals surface area contributed by atoms with Crippen LogP contribution in [0.25, 0.3) is 45.8 Å². The Kier molecular flexibility index (Phi) is 9.75. The summed E-state index contributed by atoms with van der Waals surface area (Å²) in [7, 11) is 0. The molecule has 0 N–H and O–H groups in total. The maximum atomic E-state index is 2.42. The molecule has 0 spiro atoms. The molecule has 0 unspecified atom stereocenters. The van der Waals surface area contributed by atoms with Crippen LogP contribution in [0.2, 0.25) is 0 Å². The van der Waals surface area contributed by atoms with Crippen molar-refractivity contribution in [3.63, 3.8) is 0 Å². The maximum absolute atomic E-state index is 2.42. The average molecular weight is 717 g/mol. The zero-order chi connectivity index (χ0) is 37.5. The lowest BCUT2D eigenvalue weighted by molar-refractivity contribution is 1.29. The first-order valence-corrected chi connectivity index (χ1v) is 19.1. The molecule has 0 aromatic heterocycles. The van der Waals surface area contributed by atoms with Crippen LogP contribution in [0.5, 0.6) is 0 Å². The van der Waals surface area contributed by atoms with E-state index in [2.05, 4.69) is 240 Å². The fourth-order valence-electron chi connectivity index (χ4n) is 7.52. The van der Waals surface area contributed by atoms with Crippen LogP contribution in [0, 0.1) is 0 Å². The Labute approximate surface area is 329 Å². The first kappa shape index (κ1) is 34.4. The molecule has 9 rings (SSSR count). The highest BCUT2D eigenvalue weighted by Crippen LogP contribution is 2.50. The molecule has 2 heteroatoms. The Bertz CT molecular complexity index is 2500. The Balaban J connectivity index is 1.22. The summed E-state index contributed by atoms with van der Waals surface area (Å²) < 4.78 is 0. The first-order valence-electron chi connectivity index (χ1n) is 19.1. The molecule has 9 aromatic carbocycles. The first-order chi connectivity index (χ1) is 27.8. The smallest absolute Gasteiger partial charge is 0.0619 e. The maximum Gasteiger partial charge on any atom is 0.0619 e. The molecule has 9 aromatic rings. The Morgan fingerprint density at radius 3 is 0.750 bits per heavy atom.